The summed E-state index contributed by atoms with van der Waals surface area (Å²) in [5.74, 6) is 0.665. The van der Waals surface area contributed by atoms with Crippen molar-refractivity contribution in [3.63, 3.8) is 0 Å². The highest BCUT2D eigenvalue weighted by Crippen LogP contribution is 2.10. The quantitative estimate of drug-likeness (QED) is 0.807. The number of rotatable bonds is 6. The Kier molecular flexibility index (Phi) is 5.37. The second kappa shape index (κ2) is 7.67. The molecule has 0 radical (unpaired) electrons. The van der Waals surface area contributed by atoms with Gasteiger partial charge < -0.3 is 4.74 Å². The van der Waals surface area contributed by atoms with Crippen LogP contribution < -0.4 is 0 Å². The van der Waals surface area contributed by atoms with Crippen LogP contribution in [0, 0.1) is 0 Å². The minimum absolute atomic E-state index is 0.152. The highest BCUT2D eigenvalue weighted by molar-refractivity contribution is 7.85. The molecule has 1 aromatic heterocycles. The third-order valence-corrected chi connectivity index (χ3v) is 5.12. The van der Waals surface area contributed by atoms with Crippen LogP contribution in [0.4, 0.5) is 0 Å². The molecule has 0 amide bonds. The molecule has 0 spiro atoms. The fourth-order valence-electron chi connectivity index (χ4n) is 2.61. The number of hydrogen-bond acceptors (Lipinski definition) is 4. The predicted octanol–water partition coefficient (Wildman–Crippen LogP) is 1.39. The molecule has 2 atom stereocenters. The molecule has 118 valence electrons. The van der Waals surface area contributed by atoms with Crippen molar-refractivity contribution in [2.45, 2.75) is 17.5 Å². The van der Waals surface area contributed by atoms with E-state index < -0.39 is 10.8 Å². The Hall–Kier alpha value is -1.50. The Morgan fingerprint density at radius 1 is 1.27 bits per heavy atom. The first-order valence-electron chi connectivity index (χ1n) is 7.56. The first-order chi connectivity index (χ1) is 10.8. The van der Waals surface area contributed by atoms with Crippen LogP contribution in [0.5, 0.6) is 0 Å². The van der Waals surface area contributed by atoms with Gasteiger partial charge in [0.1, 0.15) is 0 Å². The van der Waals surface area contributed by atoms with E-state index in [0.29, 0.717) is 5.75 Å². The summed E-state index contributed by atoms with van der Waals surface area (Å²) in [6.45, 7) is 4.10. The lowest BCUT2D eigenvalue weighted by atomic mass is 10.2. The zero-order chi connectivity index (χ0) is 15.2. The van der Waals surface area contributed by atoms with Crippen LogP contribution in [0.25, 0.3) is 0 Å². The van der Waals surface area contributed by atoms with Crippen molar-refractivity contribution >= 4 is 10.8 Å². The Morgan fingerprint density at radius 2 is 2.14 bits per heavy atom. The Labute approximate surface area is 133 Å². The van der Waals surface area contributed by atoms with Gasteiger partial charge in [-0.05, 0) is 18.2 Å². The number of aromatic nitrogens is 2. The second-order valence-corrected chi connectivity index (χ2v) is 6.95. The van der Waals surface area contributed by atoms with E-state index in [1.807, 2.05) is 47.3 Å². The summed E-state index contributed by atoms with van der Waals surface area (Å²) in [6.07, 6.45) is 3.88. The van der Waals surface area contributed by atoms with Crippen LogP contribution in [0.1, 0.15) is 0 Å². The summed E-state index contributed by atoms with van der Waals surface area (Å²) in [4.78, 5) is 3.24. The summed E-state index contributed by atoms with van der Waals surface area (Å²) in [6, 6.07) is 11.6. The van der Waals surface area contributed by atoms with Crippen molar-refractivity contribution in [2.24, 2.45) is 0 Å². The van der Waals surface area contributed by atoms with Gasteiger partial charge in [-0.1, -0.05) is 18.2 Å². The molecule has 1 aromatic carbocycles. The molecule has 1 aliphatic heterocycles. The van der Waals surface area contributed by atoms with E-state index in [0.717, 1.165) is 37.7 Å². The van der Waals surface area contributed by atoms with Crippen molar-refractivity contribution in [1.29, 1.82) is 0 Å². The van der Waals surface area contributed by atoms with E-state index in [2.05, 4.69) is 10.00 Å². The summed E-state index contributed by atoms with van der Waals surface area (Å²) in [5, 5.41) is 4.22. The minimum Gasteiger partial charge on any atom is -0.374 e. The van der Waals surface area contributed by atoms with Gasteiger partial charge in [-0.25, -0.2) is 0 Å². The SMILES string of the molecule is O=[S@](CCN1CCO[C@H](Cn2cccn2)C1)c1ccccc1. The van der Waals surface area contributed by atoms with Gasteiger partial charge in [0.05, 0.1) is 30.1 Å². The number of nitrogens with zero attached hydrogens (tertiary/aromatic N) is 3. The first-order valence-corrected chi connectivity index (χ1v) is 8.88. The Bertz CT molecular complexity index is 589. The molecule has 1 saturated heterocycles. The molecule has 2 aromatic rings. The van der Waals surface area contributed by atoms with E-state index >= 15 is 0 Å². The van der Waals surface area contributed by atoms with Gasteiger partial charge in [-0.15, -0.1) is 0 Å². The van der Waals surface area contributed by atoms with E-state index in [4.69, 9.17) is 4.74 Å². The molecule has 1 aliphatic rings. The molecule has 0 aliphatic carbocycles. The van der Waals surface area contributed by atoms with Crippen LogP contribution in [-0.4, -0.2) is 57.0 Å². The van der Waals surface area contributed by atoms with Gasteiger partial charge in [-0.3, -0.25) is 13.8 Å². The maximum absolute atomic E-state index is 12.3. The van der Waals surface area contributed by atoms with Crippen LogP contribution in [0.15, 0.2) is 53.7 Å². The average Bonchev–Trinajstić information content (AvgIpc) is 3.07. The van der Waals surface area contributed by atoms with Crippen LogP contribution in [0.2, 0.25) is 0 Å². The fourth-order valence-corrected chi connectivity index (χ4v) is 3.73. The maximum Gasteiger partial charge on any atom is 0.0898 e. The van der Waals surface area contributed by atoms with Crippen LogP contribution >= 0.6 is 0 Å². The molecule has 0 bridgehead atoms. The van der Waals surface area contributed by atoms with Gasteiger partial charge >= 0.3 is 0 Å². The molecular weight excluding hydrogens is 298 g/mol. The Balaban J connectivity index is 1.47. The summed E-state index contributed by atoms with van der Waals surface area (Å²) in [7, 11) is -0.928. The van der Waals surface area contributed by atoms with E-state index in [-0.39, 0.29) is 6.10 Å². The zero-order valence-corrected chi connectivity index (χ0v) is 13.3. The largest absolute Gasteiger partial charge is 0.374 e. The van der Waals surface area contributed by atoms with Gasteiger partial charge in [-0.2, -0.15) is 5.10 Å². The van der Waals surface area contributed by atoms with Crippen molar-refractivity contribution in [1.82, 2.24) is 14.7 Å². The number of benzene rings is 1. The molecule has 5 nitrogen and oxygen atoms in total. The third-order valence-electron chi connectivity index (χ3n) is 3.77. The fraction of sp³-hybridized carbons (Fsp3) is 0.438. The van der Waals surface area contributed by atoms with Gasteiger partial charge in [0.2, 0.25) is 0 Å². The zero-order valence-electron chi connectivity index (χ0n) is 12.5. The van der Waals surface area contributed by atoms with Crippen LogP contribution in [0.3, 0.4) is 0 Å². The lowest BCUT2D eigenvalue weighted by Gasteiger charge is -2.32. The molecule has 6 heteroatoms. The Morgan fingerprint density at radius 3 is 2.91 bits per heavy atom. The van der Waals surface area contributed by atoms with Gasteiger partial charge in [0.25, 0.3) is 0 Å². The summed E-state index contributed by atoms with van der Waals surface area (Å²) in [5.41, 5.74) is 0. The molecule has 22 heavy (non-hydrogen) atoms. The van der Waals surface area contributed by atoms with Crippen molar-refractivity contribution in [3.8, 4) is 0 Å². The van der Waals surface area contributed by atoms with Crippen LogP contribution in [-0.2, 0) is 22.1 Å². The third kappa shape index (κ3) is 4.25. The molecule has 3 rings (SSSR count). The highest BCUT2D eigenvalue weighted by atomic mass is 32.2. The molecular formula is C16H21N3O2S. The normalized spacial score (nSPS) is 20.8. The van der Waals surface area contributed by atoms with Crippen molar-refractivity contribution in [2.75, 3.05) is 32.0 Å². The highest BCUT2D eigenvalue weighted by Gasteiger charge is 2.21. The predicted molar refractivity (Wildman–Crippen MR) is 86.1 cm³/mol. The van der Waals surface area contributed by atoms with E-state index in [9.17, 15) is 4.21 Å². The van der Waals surface area contributed by atoms with Crippen molar-refractivity contribution < 1.29 is 8.95 Å². The van der Waals surface area contributed by atoms with E-state index in [1.165, 1.54) is 0 Å². The lowest BCUT2D eigenvalue weighted by Crippen LogP contribution is -2.45. The summed E-state index contributed by atoms with van der Waals surface area (Å²) < 4.78 is 20.0. The minimum atomic E-state index is -0.928. The molecule has 2 heterocycles. The molecule has 0 unspecified atom stereocenters. The van der Waals surface area contributed by atoms with Gasteiger partial charge in [0.15, 0.2) is 0 Å². The number of morpholine rings is 1. The molecule has 0 N–H and O–H groups in total. The second-order valence-electron chi connectivity index (χ2n) is 5.38. The number of hydrogen-bond donors (Lipinski definition) is 0. The molecule has 0 saturated carbocycles. The average molecular weight is 319 g/mol. The topological polar surface area (TPSA) is 47.4 Å². The maximum atomic E-state index is 12.3. The summed E-state index contributed by atoms with van der Waals surface area (Å²) >= 11 is 0. The number of ether oxygens (including phenoxy) is 1. The first kappa shape index (κ1) is 15.4. The van der Waals surface area contributed by atoms with Gasteiger partial charge in [0, 0.05) is 42.7 Å². The smallest absolute Gasteiger partial charge is 0.0898 e. The molecule has 1 fully saturated rings. The standard InChI is InChI=1S/C16H21N3O2S/c20-22(16-5-2-1-3-6-16)12-10-18-9-11-21-15(13-18)14-19-8-4-7-17-19/h1-8,15H,9-14H2/t15-,22+/m0/s1. The lowest BCUT2D eigenvalue weighted by molar-refractivity contribution is -0.0355. The monoisotopic (exact) mass is 319 g/mol. The van der Waals surface area contributed by atoms with E-state index in [1.54, 1.807) is 6.20 Å². The van der Waals surface area contributed by atoms with Crippen molar-refractivity contribution in [3.05, 3.63) is 48.8 Å².